The number of ketones is 1. The first kappa shape index (κ1) is 16.1. The highest BCUT2D eigenvalue weighted by Gasteiger charge is 2.09. The third kappa shape index (κ3) is 3.88. The summed E-state index contributed by atoms with van der Waals surface area (Å²) in [6.07, 6.45) is 2.68. The lowest BCUT2D eigenvalue weighted by atomic mass is 10.1. The minimum atomic E-state index is -0.509. The van der Waals surface area contributed by atoms with E-state index in [1.807, 2.05) is 0 Å². The zero-order valence-corrected chi connectivity index (χ0v) is 12.4. The Morgan fingerprint density at radius 1 is 1.17 bits per heavy atom. The zero-order valence-electron chi connectivity index (χ0n) is 12.4. The molecule has 0 fully saturated rings. The molecule has 0 heterocycles. The number of rotatable bonds is 5. The average Bonchev–Trinajstić information content (AvgIpc) is 2.74. The third-order valence-electron chi connectivity index (χ3n) is 3.17. The van der Waals surface area contributed by atoms with Crippen molar-refractivity contribution in [2.45, 2.75) is 0 Å². The van der Waals surface area contributed by atoms with Gasteiger partial charge in [0.25, 0.3) is 5.69 Å². The smallest absolute Gasteiger partial charge is 0.270 e. The maximum absolute atomic E-state index is 12.2. The van der Waals surface area contributed by atoms with Crippen molar-refractivity contribution in [3.63, 3.8) is 0 Å². The second-order valence-corrected chi connectivity index (χ2v) is 4.67. The van der Waals surface area contributed by atoms with Crippen LogP contribution in [0.2, 0.25) is 0 Å². The lowest BCUT2D eigenvalue weighted by molar-refractivity contribution is -0.384. The van der Waals surface area contributed by atoms with Crippen molar-refractivity contribution in [3.8, 4) is 0 Å². The van der Waals surface area contributed by atoms with Crippen molar-refractivity contribution in [2.75, 3.05) is 12.4 Å². The normalized spacial score (nSPS) is 10.5. The van der Waals surface area contributed by atoms with E-state index in [0.29, 0.717) is 11.3 Å². The molecule has 2 aromatic carbocycles. The summed E-state index contributed by atoms with van der Waals surface area (Å²) >= 11 is 0. The van der Waals surface area contributed by atoms with Gasteiger partial charge in [0.1, 0.15) is 0 Å². The molecule has 0 radical (unpaired) electrons. The molecule has 0 aliphatic heterocycles. The van der Waals surface area contributed by atoms with Gasteiger partial charge in [0.2, 0.25) is 5.43 Å². The Bertz CT molecular complexity index is 844. The van der Waals surface area contributed by atoms with Crippen LogP contribution < -0.4 is 10.7 Å². The highest BCUT2D eigenvalue weighted by Crippen LogP contribution is 2.14. The van der Waals surface area contributed by atoms with Gasteiger partial charge in [-0.2, -0.15) is 0 Å². The molecule has 6 nitrogen and oxygen atoms in total. The van der Waals surface area contributed by atoms with Crippen molar-refractivity contribution >= 4 is 23.2 Å². The lowest BCUT2D eigenvalue weighted by Gasteiger charge is -1.96. The highest BCUT2D eigenvalue weighted by atomic mass is 16.6. The van der Waals surface area contributed by atoms with Crippen LogP contribution >= 0.6 is 0 Å². The van der Waals surface area contributed by atoms with Crippen LogP contribution in [0.4, 0.5) is 11.4 Å². The number of nitrogens with one attached hydrogen (secondary N) is 1. The molecular formula is C17H14N2O4. The summed E-state index contributed by atoms with van der Waals surface area (Å²) in [4.78, 5) is 34.6. The van der Waals surface area contributed by atoms with Gasteiger partial charge in [-0.05, 0) is 23.8 Å². The van der Waals surface area contributed by atoms with Crippen LogP contribution in [0.1, 0.15) is 15.9 Å². The summed E-state index contributed by atoms with van der Waals surface area (Å²) < 4.78 is 0. The Hall–Kier alpha value is -3.28. The fourth-order valence-corrected chi connectivity index (χ4v) is 1.99. The molecule has 0 saturated heterocycles. The summed E-state index contributed by atoms with van der Waals surface area (Å²) in [5.74, 6) is -0.464. The summed E-state index contributed by atoms with van der Waals surface area (Å²) in [7, 11) is 1.60. The molecule has 1 N–H and O–H groups in total. The average molecular weight is 310 g/mol. The standard InChI is InChI=1S/C17H14N2O4/c1-18-15-8-3-2-7-14(17(15)21)16(20)10-9-12-5-4-6-13(11-12)19(22)23/h2-11H,1H3,(H,18,21). The summed E-state index contributed by atoms with van der Waals surface area (Å²) in [5, 5.41) is 13.5. The number of carbonyl (C=O) groups excluding carboxylic acids is 1. The Balaban J connectivity index is 2.33. The second-order valence-electron chi connectivity index (χ2n) is 4.67. The molecule has 0 spiro atoms. The van der Waals surface area contributed by atoms with Gasteiger partial charge in [-0.3, -0.25) is 19.7 Å². The molecule has 0 amide bonds. The minimum absolute atomic E-state index is 0.0287. The fourth-order valence-electron chi connectivity index (χ4n) is 1.99. The molecule has 0 aromatic heterocycles. The molecule has 2 rings (SSSR count). The van der Waals surface area contributed by atoms with Crippen LogP contribution in [-0.4, -0.2) is 17.8 Å². The molecule has 0 aliphatic carbocycles. The van der Waals surface area contributed by atoms with Crippen LogP contribution in [0, 0.1) is 10.1 Å². The first-order valence-electron chi connectivity index (χ1n) is 6.81. The number of nitro groups is 1. The van der Waals surface area contributed by atoms with Crippen molar-refractivity contribution < 1.29 is 9.72 Å². The van der Waals surface area contributed by atoms with E-state index < -0.39 is 16.1 Å². The Labute approximate surface area is 132 Å². The van der Waals surface area contributed by atoms with Gasteiger partial charge >= 0.3 is 0 Å². The molecule has 23 heavy (non-hydrogen) atoms. The second kappa shape index (κ2) is 7.13. The van der Waals surface area contributed by atoms with E-state index in [9.17, 15) is 19.7 Å². The molecule has 0 bridgehead atoms. The quantitative estimate of drug-likeness (QED) is 0.397. The van der Waals surface area contributed by atoms with Crippen LogP contribution in [0.25, 0.3) is 6.08 Å². The molecule has 0 aliphatic rings. The van der Waals surface area contributed by atoms with Crippen molar-refractivity contribution in [1.82, 2.24) is 0 Å². The minimum Gasteiger partial charge on any atom is -0.385 e. The van der Waals surface area contributed by atoms with E-state index in [0.717, 1.165) is 0 Å². The fraction of sp³-hybridized carbons (Fsp3) is 0.0588. The van der Waals surface area contributed by atoms with Crippen LogP contribution in [0.15, 0.2) is 59.4 Å². The van der Waals surface area contributed by atoms with Crippen molar-refractivity contribution in [3.05, 3.63) is 86.1 Å². The van der Waals surface area contributed by atoms with E-state index in [4.69, 9.17) is 0 Å². The number of carbonyl (C=O) groups is 1. The maximum atomic E-state index is 12.2. The molecule has 116 valence electrons. The van der Waals surface area contributed by atoms with Gasteiger partial charge in [0, 0.05) is 19.2 Å². The van der Waals surface area contributed by atoms with Crippen LogP contribution in [0.3, 0.4) is 0 Å². The summed E-state index contributed by atoms with van der Waals surface area (Å²) in [6.45, 7) is 0. The predicted molar refractivity (Wildman–Crippen MR) is 88.7 cm³/mol. The van der Waals surface area contributed by atoms with Gasteiger partial charge < -0.3 is 5.32 Å². The molecule has 6 heteroatoms. The Kier molecular flexibility index (Phi) is 4.99. The third-order valence-corrected chi connectivity index (χ3v) is 3.17. The molecule has 0 atom stereocenters. The SMILES string of the molecule is CNc1ccccc(C(=O)C=Cc2cccc([N+](=O)[O-])c2)c1=O. The zero-order chi connectivity index (χ0) is 16.8. The number of nitro benzene ring substituents is 1. The van der Waals surface area contributed by atoms with Gasteiger partial charge in [-0.15, -0.1) is 0 Å². The number of hydrogen-bond acceptors (Lipinski definition) is 5. The van der Waals surface area contributed by atoms with Crippen molar-refractivity contribution in [1.29, 1.82) is 0 Å². The van der Waals surface area contributed by atoms with E-state index in [-0.39, 0.29) is 11.3 Å². The topological polar surface area (TPSA) is 89.3 Å². The van der Waals surface area contributed by atoms with E-state index >= 15 is 0 Å². The van der Waals surface area contributed by atoms with Crippen LogP contribution in [-0.2, 0) is 0 Å². The van der Waals surface area contributed by atoms with E-state index in [1.54, 1.807) is 31.3 Å². The van der Waals surface area contributed by atoms with Crippen molar-refractivity contribution in [2.24, 2.45) is 0 Å². The summed E-state index contributed by atoms with van der Waals surface area (Å²) in [6, 6.07) is 12.2. The van der Waals surface area contributed by atoms with Gasteiger partial charge in [-0.25, -0.2) is 0 Å². The number of non-ortho nitro benzene ring substituents is 1. The molecular weight excluding hydrogens is 296 g/mol. The monoisotopic (exact) mass is 310 g/mol. The predicted octanol–water partition coefficient (Wildman–Crippen LogP) is 2.89. The first-order chi connectivity index (χ1) is 11.0. The number of allylic oxidation sites excluding steroid dienone is 1. The molecule has 0 unspecified atom stereocenters. The molecule has 0 saturated carbocycles. The van der Waals surface area contributed by atoms with E-state index in [2.05, 4.69) is 5.32 Å². The molecule has 2 aromatic rings. The van der Waals surface area contributed by atoms with Gasteiger partial charge in [0.05, 0.1) is 16.2 Å². The number of nitrogens with zero attached hydrogens (tertiary/aromatic N) is 1. The number of hydrogen-bond donors (Lipinski definition) is 1. The Morgan fingerprint density at radius 3 is 2.61 bits per heavy atom. The van der Waals surface area contributed by atoms with Gasteiger partial charge in [-0.1, -0.05) is 30.3 Å². The Morgan fingerprint density at radius 2 is 1.91 bits per heavy atom. The summed E-state index contributed by atoms with van der Waals surface area (Å²) in [5.41, 5.74) is 0.399. The number of anilines is 1. The first-order valence-corrected chi connectivity index (χ1v) is 6.81. The number of benzene rings is 1. The van der Waals surface area contributed by atoms with Gasteiger partial charge in [0.15, 0.2) is 5.78 Å². The maximum Gasteiger partial charge on any atom is 0.270 e. The van der Waals surface area contributed by atoms with Crippen LogP contribution in [0.5, 0.6) is 0 Å². The lowest BCUT2D eigenvalue weighted by Crippen LogP contribution is -2.14. The highest BCUT2D eigenvalue weighted by molar-refractivity contribution is 6.07. The largest absolute Gasteiger partial charge is 0.385 e. The van der Waals surface area contributed by atoms with E-state index in [1.165, 1.54) is 36.4 Å².